The molecule has 1 aliphatic rings. The summed E-state index contributed by atoms with van der Waals surface area (Å²) in [5, 5.41) is 9.74. The van der Waals surface area contributed by atoms with Crippen molar-refractivity contribution in [2.75, 3.05) is 6.54 Å². The predicted molar refractivity (Wildman–Crippen MR) is 71.7 cm³/mol. The number of likely N-dealkylation sites (tertiary alicyclic amines) is 1. The Morgan fingerprint density at radius 2 is 1.95 bits per heavy atom. The number of hydrogen-bond acceptors (Lipinski definition) is 2. The highest BCUT2D eigenvalue weighted by Crippen LogP contribution is 2.42. The van der Waals surface area contributed by atoms with Gasteiger partial charge in [-0.2, -0.15) is 13.2 Å². The van der Waals surface area contributed by atoms with E-state index in [1.54, 1.807) is 18.2 Å². The van der Waals surface area contributed by atoms with Gasteiger partial charge in [-0.05, 0) is 18.4 Å². The zero-order valence-corrected chi connectivity index (χ0v) is 11.7. The summed E-state index contributed by atoms with van der Waals surface area (Å²) in [7, 11) is 0. The van der Waals surface area contributed by atoms with Crippen LogP contribution in [0.4, 0.5) is 13.2 Å². The van der Waals surface area contributed by atoms with Gasteiger partial charge in [-0.15, -0.1) is 0 Å². The van der Waals surface area contributed by atoms with Gasteiger partial charge in [0.05, 0.1) is 6.10 Å². The Labute approximate surface area is 121 Å². The average Bonchev–Trinajstić information content (AvgIpc) is 2.38. The normalized spacial score (nSPS) is 24.7. The molecule has 1 N–H and O–H groups in total. The lowest BCUT2D eigenvalue weighted by Gasteiger charge is -2.42. The first-order valence-corrected chi connectivity index (χ1v) is 6.87. The molecule has 1 amide bonds. The second-order valence-electron chi connectivity index (χ2n) is 5.39. The minimum absolute atomic E-state index is 0.0569. The molecule has 1 fully saturated rings. The summed E-state index contributed by atoms with van der Waals surface area (Å²) < 4.78 is 40.6. The van der Waals surface area contributed by atoms with Crippen LogP contribution in [0, 0.1) is 0 Å². The fourth-order valence-electron chi connectivity index (χ4n) is 2.97. The maximum absolute atomic E-state index is 13.5. The topological polar surface area (TPSA) is 40.5 Å². The van der Waals surface area contributed by atoms with E-state index in [1.807, 2.05) is 0 Å². The van der Waals surface area contributed by atoms with Gasteiger partial charge in [0.15, 0.2) is 0 Å². The van der Waals surface area contributed by atoms with Crippen molar-refractivity contribution in [2.24, 2.45) is 0 Å². The van der Waals surface area contributed by atoms with Crippen LogP contribution >= 0.6 is 0 Å². The first kappa shape index (κ1) is 15.8. The quantitative estimate of drug-likeness (QED) is 0.912. The van der Waals surface area contributed by atoms with Crippen molar-refractivity contribution in [3.8, 4) is 0 Å². The van der Waals surface area contributed by atoms with Crippen LogP contribution in [0.1, 0.15) is 31.2 Å². The Morgan fingerprint density at radius 1 is 1.33 bits per heavy atom. The number of hydrogen-bond donors (Lipinski definition) is 1. The van der Waals surface area contributed by atoms with E-state index < -0.39 is 30.1 Å². The number of carbonyl (C=O) groups is 1. The predicted octanol–water partition coefficient (Wildman–Crippen LogP) is 2.70. The highest BCUT2D eigenvalue weighted by atomic mass is 19.4. The fraction of sp³-hybridized carbons (Fsp3) is 0.533. The molecule has 3 atom stereocenters. The third kappa shape index (κ3) is 3.56. The molecular formula is C15H18F3NO2. The lowest BCUT2D eigenvalue weighted by molar-refractivity contribution is -0.174. The van der Waals surface area contributed by atoms with Gasteiger partial charge in [-0.25, -0.2) is 0 Å². The van der Waals surface area contributed by atoms with Gasteiger partial charge in [0.2, 0.25) is 5.91 Å². The molecule has 0 aliphatic carbocycles. The van der Waals surface area contributed by atoms with E-state index in [9.17, 15) is 23.1 Å². The Morgan fingerprint density at radius 3 is 2.48 bits per heavy atom. The zero-order valence-electron chi connectivity index (χ0n) is 11.7. The van der Waals surface area contributed by atoms with Crippen LogP contribution in [-0.2, 0) is 4.79 Å². The molecule has 0 saturated carbocycles. The molecule has 0 spiro atoms. The van der Waals surface area contributed by atoms with E-state index in [-0.39, 0.29) is 18.5 Å². The number of nitrogens with zero attached hydrogens (tertiary/aromatic N) is 1. The second-order valence-corrected chi connectivity index (χ2v) is 5.39. The van der Waals surface area contributed by atoms with E-state index in [0.29, 0.717) is 6.42 Å². The lowest BCUT2D eigenvalue weighted by Crippen LogP contribution is -2.52. The van der Waals surface area contributed by atoms with Crippen molar-refractivity contribution in [2.45, 2.75) is 44.0 Å². The number of rotatable bonds is 2. The van der Waals surface area contributed by atoms with Gasteiger partial charge in [-0.3, -0.25) is 4.79 Å². The van der Waals surface area contributed by atoms with Crippen molar-refractivity contribution < 1.29 is 23.1 Å². The lowest BCUT2D eigenvalue weighted by atomic mass is 9.83. The molecule has 1 saturated heterocycles. The Bertz CT molecular complexity index is 489. The molecule has 6 heteroatoms. The van der Waals surface area contributed by atoms with Crippen LogP contribution in [0.15, 0.2) is 30.3 Å². The van der Waals surface area contributed by atoms with E-state index in [0.717, 1.165) is 0 Å². The highest BCUT2D eigenvalue weighted by molar-refractivity contribution is 5.74. The largest absolute Gasteiger partial charge is 0.397 e. The minimum atomic E-state index is -4.48. The summed E-state index contributed by atoms with van der Waals surface area (Å²) in [4.78, 5) is 12.9. The molecule has 1 aliphatic heterocycles. The van der Waals surface area contributed by atoms with Crippen molar-refractivity contribution in [1.29, 1.82) is 0 Å². The monoisotopic (exact) mass is 301 g/mol. The molecule has 2 rings (SSSR count). The van der Waals surface area contributed by atoms with Crippen LogP contribution in [-0.4, -0.2) is 40.8 Å². The summed E-state index contributed by atoms with van der Waals surface area (Å²) >= 11 is 0. The number of amides is 1. The first-order valence-electron chi connectivity index (χ1n) is 6.87. The third-order valence-corrected chi connectivity index (χ3v) is 3.92. The van der Waals surface area contributed by atoms with Crippen LogP contribution in [0.25, 0.3) is 0 Å². The van der Waals surface area contributed by atoms with E-state index in [1.165, 1.54) is 24.0 Å². The molecule has 21 heavy (non-hydrogen) atoms. The fourth-order valence-corrected chi connectivity index (χ4v) is 2.97. The number of halogens is 3. The SMILES string of the molecule is CC(=O)N1CCC(O)CC1C(c1ccccc1)C(F)(F)F. The van der Waals surface area contributed by atoms with Gasteiger partial charge < -0.3 is 10.0 Å². The molecule has 1 aromatic rings. The number of carbonyl (C=O) groups excluding carboxylic acids is 1. The van der Waals surface area contributed by atoms with Gasteiger partial charge in [0.1, 0.15) is 5.92 Å². The zero-order chi connectivity index (χ0) is 15.6. The van der Waals surface area contributed by atoms with Crippen molar-refractivity contribution >= 4 is 5.91 Å². The Balaban J connectivity index is 2.41. The standard InChI is InChI=1S/C15H18F3NO2/c1-10(20)19-8-7-12(21)9-13(19)14(15(16,17)18)11-5-3-2-4-6-11/h2-6,12-14,21H,7-9H2,1H3. The molecule has 3 nitrogen and oxygen atoms in total. The molecule has 0 bridgehead atoms. The van der Waals surface area contributed by atoms with E-state index in [4.69, 9.17) is 0 Å². The van der Waals surface area contributed by atoms with Crippen LogP contribution < -0.4 is 0 Å². The van der Waals surface area contributed by atoms with Crippen LogP contribution in [0.5, 0.6) is 0 Å². The average molecular weight is 301 g/mol. The molecular weight excluding hydrogens is 283 g/mol. The summed E-state index contributed by atoms with van der Waals surface area (Å²) in [6, 6.07) is 6.51. The molecule has 3 unspecified atom stereocenters. The van der Waals surface area contributed by atoms with Crippen LogP contribution in [0.2, 0.25) is 0 Å². The van der Waals surface area contributed by atoms with Gasteiger partial charge in [0, 0.05) is 19.5 Å². The third-order valence-electron chi connectivity index (χ3n) is 3.92. The number of aliphatic hydroxyl groups is 1. The molecule has 116 valence electrons. The molecule has 0 radical (unpaired) electrons. The summed E-state index contributed by atoms with van der Waals surface area (Å²) in [6.45, 7) is 1.42. The number of alkyl halides is 3. The van der Waals surface area contributed by atoms with Crippen molar-refractivity contribution in [3.05, 3.63) is 35.9 Å². The number of aliphatic hydroxyl groups excluding tert-OH is 1. The van der Waals surface area contributed by atoms with Crippen LogP contribution in [0.3, 0.4) is 0 Å². The highest BCUT2D eigenvalue weighted by Gasteiger charge is 2.49. The van der Waals surface area contributed by atoms with Gasteiger partial charge >= 0.3 is 6.18 Å². The molecule has 0 aromatic heterocycles. The van der Waals surface area contributed by atoms with E-state index >= 15 is 0 Å². The smallest absolute Gasteiger partial charge is 0.393 e. The molecule has 1 aromatic carbocycles. The van der Waals surface area contributed by atoms with Gasteiger partial charge in [0.25, 0.3) is 0 Å². The summed E-state index contributed by atoms with van der Waals surface area (Å²) in [5.74, 6) is -2.17. The van der Waals surface area contributed by atoms with Crippen molar-refractivity contribution in [3.63, 3.8) is 0 Å². The summed E-state index contributed by atoms with van der Waals surface area (Å²) in [6.07, 6.45) is -5.02. The maximum atomic E-state index is 13.5. The number of piperidine rings is 1. The summed E-state index contributed by atoms with van der Waals surface area (Å²) in [5.41, 5.74) is 0.121. The van der Waals surface area contributed by atoms with E-state index in [2.05, 4.69) is 0 Å². The van der Waals surface area contributed by atoms with Crippen molar-refractivity contribution in [1.82, 2.24) is 4.90 Å². The van der Waals surface area contributed by atoms with Gasteiger partial charge in [-0.1, -0.05) is 30.3 Å². The maximum Gasteiger partial charge on any atom is 0.397 e. The first-order chi connectivity index (χ1) is 9.80. The Hall–Kier alpha value is -1.56. The second kappa shape index (κ2) is 6.05. The number of benzene rings is 1. The molecule has 1 heterocycles. The Kier molecular flexibility index (Phi) is 4.56. The minimum Gasteiger partial charge on any atom is -0.393 e.